The summed E-state index contributed by atoms with van der Waals surface area (Å²) in [4.78, 5) is 6.53. The number of hydrogen-bond acceptors (Lipinski definition) is 4. The lowest BCUT2D eigenvalue weighted by atomic mass is 10.2. The predicted octanol–water partition coefficient (Wildman–Crippen LogP) is 2.03. The van der Waals surface area contributed by atoms with Crippen LogP contribution in [0.25, 0.3) is 0 Å². The number of anilines is 1. The maximum atomic E-state index is 5.69. The Balaban J connectivity index is 2.11. The fraction of sp³-hybridized carbons (Fsp3) is 0.467. The van der Waals surface area contributed by atoms with Crippen LogP contribution < -0.4 is 10.6 Å². The highest BCUT2D eigenvalue weighted by Crippen LogP contribution is 2.16. The van der Waals surface area contributed by atoms with Crippen molar-refractivity contribution in [3.8, 4) is 0 Å². The second kappa shape index (κ2) is 6.52. The zero-order valence-electron chi connectivity index (χ0n) is 12.5. The van der Waals surface area contributed by atoms with Crippen LogP contribution in [-0.2, 0) is 19.6 Å². The molecule has 5 nitrogen and oxygen atoms in total. The van der Waals surface area contributed by atoms with Crippen molar-refractivity contribution in [3.05, 3.63) is 42.0 Å². The van der Waals surface area contributed by atoms with E-state index in [-0.39, 0.29) is 0 Å². The molecule has 2 N–H and O–H groups in total. The van der Waals surface area contributed by atoms with Crippen molar-refractivity contribution in [1.82, 2.24) is 14.8 Å². The van der Waals surface area contributed by atoms with Crippen LogP contribution in [0.4, 0.5) is 5.69 Å². The molecule has 1 aromatic carbocycles. The lowest BCUT2D eigenvalue weighted by molar-refractivity contribution is 0.465. The number of aromatic nitrogens is 3. The molecule has 0 amide bonds. The highest BCUT2D eigenvalue weighted by atomic mass is 15.3. The van der Waals surface area contributed by atoms with Gasteiger partial charge in [0.1, 0.15) is 12.2 Å². The van der Waals surface area contributed by atoms with Crippen molar-refractivity contribution in [3.63, 3.8) is 0 Å². The van der Waals surface area contributed by atoms with Crippen molar-refractivity contribution >= 4 is 5.69 Å². The van der Waals surface area contributed by atoms with Crippen molar-refractivity contribution in [2.45, 2.75) is 33.5 Å². The van der Waals surface area contributed by atoms with Crippen molar-refractivity contribution in [2.24, 2.45) is 11.7 Å². The topological polar surface area (TPSA) is 60.0 Å². The molecule has 0 radical (unpaired) electrons. The molecule has 0 saturated heterocycles. The van der Waals surface area contributed by atoms with Gasteiger partial charge in [0.05, 0.1) is 6.54 Å². The molecule has 0 unspecified atom stereocenters. The number of nitrogens with zero attached hydrogens (tertiary/aromatic N) is 4. The van der Waals surface area contributed by atoms with E-state index in [9.17, 15) is 0 Å². The van der Waals surface area contributed by atoms with Crippen LogP contribution in [0, 0.1) is 5.92 Å². The lowest BCUT2D eigenvalue weighted by Crippen LogP contribution is -2.21. The molecule has 1 aromatic heterocycles. The van der Waals surface area contributed by atoms with Gasteiger partial charge in [0, 0.05) is 25.8 Å². The normalized spacial score (nSPS) is 11.1. The Hall–Kier alpha value is -1.88. The molecule has 5 heteroatoms. The van der Waals surface area contributed by atoms with Gasteiger partial charge in [-0.25, -0.2) is 9.67 Å². The molecule has 0 aliphatic heterocycles. The number of nitrogens with two attached hydrogens (primary N) is 1. The highest BCUT2D eigenvalue weighted by molar-refractivity contribution is 5.47. The van der Waals surface area contributed by atoms with E-state index in [0.29, 0.717) is 12.5 Å². The van der Waals surface area contributed by atoms with Crippen LogP contribution in [0.5, 0.6) is 0 Å². The van der Waals surface area contributed by atoms with Gasteiger partial charge in [-0.3, -0.25) is 0 Å². The maximum absolute atomic E-state index is 5.69. The first-order valence-corrected chi connectivity index (χ1v) is 6.97. The first-order chi connectivity index (χ1) is 9.60. The quantitative estimate of drug-likeness (QED) is 0.875. The highest BCUT2D eigenvalue weighted by Gasteiger charge is 2.10. The monoisotopic (exact) mass is 273 g/mol. The third-order valence-corrected chi connectivity index (χ3v) is 3.20. The summed E-state index contributed by atoms with van der Waals surface area (Å²) in [5, 5.41) is 4.30. The molecule has 1 heterocycles. The minimum absolute atomic E-state index is 0.557. The summed E-state index contributed by atoms with van der Waals surface area (Å²) in [6.07, 6.45) is 1.63. The molecule has 108 valence electrons. The van der Waals surface area contributed by atoms with Gasteiger partial charge in [-0.15, -0.1) is 0 Å². The summed E-state index contributed by atoms with van der Waals surface area (Å²) in [5.41, 5.74) is 7.97. The SMILES string of the molecule is CC(C)Cn1ncnc1CN(C)c1cccc(CN)c1. The Morgan fingerprint density at radius 3 is 2.85 bits per heavy atom. The molecule has 20 heavy (non-hydrogen) atoms. The molecule has 0 aliphatic carbocycles. The summed E-state index contributed by atoms with van der Waals surface area (Å²) in [5.74, 6) is 1.54. The van der Waals surface area contributed by atoms with Crippen LogP contribution in [0.1, 0.15) is 25.2 Å². The molecule has 0 saturated carbocycles. The molecule has 2 aromatic rings. The van der Waals surface area contributed by atoms with Crippen molar-refractivity contribution < 1.29 is 0 Å². The molecule has 0 bridgehead atoms. The first-order valence-electron chi connectivity index (χ1n) is 6.97. The summed E-state index contributed by atoms with van der Waals surface area (Å²) < 4.78 is 1.98. The smallest absolute Gasteiger partial charge is 0.146 e. The van der Waals surface area contributed by atoms with E-state index in [0.717, 1.165) is 30.2 Å². The second-order valence-corrected chi connectivity index (χ2v) is 5.48. The third-order valence-electron chi connectivity index (χ3n) is 3.20. The van der Waals surface area contributed by atoms with Crippen LogP contribution >= 0.6 is 0 Å². The standard InChI is InChI=1S/C15H23N5/c1-12(2)9-20-15(17-11-18-20)10-19(3)14-6-4-5-13(7-14)8-16/h4-7,11-12H,8-10,16H2,1-3H3. The van der Waals surface area contributed by atoms with Gasteiger partial charge in [0.25, 0.3) is 0 Å². The van der Waals surface area contributed by atoms with Gasteiger partial charge in [0.2, 0.25) is 0 Å². The number of benzene rings is 1. The number of rotatable bonds is 6. The van der Waals surface area contributed by atoms with Gasteiger partial charge in [-0.05, 0) is 23.6 Å². The van der Waals surface area contributed by atoms with E-state index in [2.05, 4.69) is 48.0 Å². The van der Waals surface area contributed by atoms with E-state index in [1.165, 1.54) is 0 Å². The van der Waals surface area contributed by atoms with Crippen molar-refractivity contribution in [2.75, 3.05) is 11.9 Å². The molecule has 0 spiro atoms. The summed E-state index contributed by atoms with van der Waals surface area (Å²) >= 11 is 0. The molecular weight excluding hydrogens is 250 g/mol. The average molecular weight is 273 g/mol. The van der Waals surface area contributed by atoms with E-state index < -0.39 is 0 Å². The Morgan fingerprint density at radius 2 is 2.15 bits per heavy atom. The van der Waals surface area contributed by atoms with Gasteiger partial charge < -0.3 is 10.6 Å². The van der Waals surface area contributed by atoms with E-state index in [1.807, 2.05) is 16.8 Å². The fourth-order valence-electron chi connectivity index (χ4n) is 2.13. The zero-order valence-corrected chi connectivity index (χ0v) is 12.5. The summed E-state index contributed by atoms with van der Waals surface area (Å²) in [6.45, 7) is 6.55. The zero-order chi connectivity index (χ0) is 14.5. The minimum Gasteiger partial charge on any atom is -0.367 e. The van der Waals surface area contributed by atoms with Crippen LogP contribution in [0.2, 0.25) is 0 Å². The van der Waals surface area contributed by atoms with E-state index in [1.54, 1.807) is 6.33 Å². The largest absolute Gasteiger partial charge is 0.367 e. The summed E-state index contributed by atoms with van der Waals surface area (Å²) in [6, 6.07) is 8.27. The second-order valence-electron chi connectivity index (χ2n) is 5.48. The number of hydrogen-bond donors (Lipinski definition) is 1. The third kappa shape index (κ3) is 3.57. The fourth-order valence-corrected chi connectivity index (χ4v) is 2.13. The Morgan fingerprint density at radius 1 is 1.35 bits per heavy atom. The average Bonchev–Trinajstić information content (AvgIpc) is 2.85. The Kier molecular flexibility index (Phi) is 4.74. The molecule has 0 fully saturated rings. The molecule has 2 rings (SSSR count). The lowest BCUT2D eigenvalue weighted by Gasteiger charge is -2.20. The molecular formula is C15H23N5. The van der Waals surface area contributed by atoms with E-state index >= 15 is 0 Å². The van der Waals surface area contributed by atoms with Crippen LogP contribution in [0.3, 0.4) is 0 Å². The van der Waals surface area contributed by atoms with Crippen LogP contribution in [-0.4, -0.2) is 21.8 Å². The Labute approximate surface area is 120 Å². The van der Waals surface area contributed by atoms with Gasteiger partial charge in [-0.1, -0.05) is 26.0 Å². The summed E-state index contributed by atoms with van der Waals surface area (Å²) in [7, 11) is 2.06. The molecule has 0 aliphatic rings. The van der Waals surface area contributed by atoms with Gasteiger partial charge >= 0.3 is 0 Å². The van der Waals surface area contributed by atoms with E-state index in [4.69, 9.17) is 5.73 Å². The van der Waals surface area contributed by atoms with Crippen LogP contribution in [0.15, 0.2) is 30.6 Å². The van der Waals surface area contributed by atoms with Gasteiger partial charge in [-0.2, -0.15) is 5.10 Å². The predicted molar refractivity (Wildman–Crippen MR) is 81.3 cm³/mol. The Bertz CT molecular complexity index is 547. The van der Waals surface area contributed by atoms with Gasteiger partial charge in [0.15, 0.2) is 0 Å². The van der Waals surface area contributed by atoms with Crippen molar-refractivity contribution in [1.29, 1.82) is 0 Å². The minimum atomic E-state index is 0.557. The first kappa shape index (κ1) is 14.5. The molecule has 0 atom stereocenters. The maximum Gasteiger partial charge on any atom is 0.146 e.